The quantitative estimate of drug-likeness (QED) is 0.703. The highest BCUT2D eigenvalue weighted by Gasteiger charge is 2.15. The number of hydrogen-bond acceptors (Lipinski definition) is 1. The van der Waals surface area contributed by atoms with Crippen molar-refractivity contribution in [2.24, 2.45) is 0 Å². The fourth-order valence-electron chi connectivity index (χ4n) is 1.66. The van der Waals surface area contributed by atoms with Crippen molar-refractivity contribution in [2.45, 2.75) is 18.9 Å². The molecule has 0 saturated carbocycles. The fraction of sp³-hybridized carbons (Fsp3) is 0.400. The first kappa shape index (κ1) is 8.09. The van der Waals surface area contributed by atoms with Crippen LogP contribution in [0, 0.1) is 0 Å². The molecule has 1 atom stereocenters. The molecular weight excluding hydrogens is 170 g/mol. The second-order valence-corrected chi connectivity index (χ2v) is 3.64. The molecule has 0 aliphatic carbocycles. The molecule has 0 spiro atoms. The van der Waals surface area contributed by atoms with Gasteiger partial charge in [-0.05, 0) is 37.1 Å². The summed E-state index contributed by atoms with van der Waals surface area (Å²) >= 11 is 5.80. The summed E-state index contributed by atoms with van der Waals surface area (Å²) in [5.74, 6) is 0. The van der Waals surface area contributed by atoms with E-state index in [1.54, 1.807) is 0 Å². The third-order valence-electron chi connectivity index (χ3n) is 2.33. The molecule has 1 aliphatic rings. The molecule has 2 rings (SSSR count). The molecule has 2 heteroatoms. The molecule has 0 aromatic heterocycles. The molecule has 1 fully saturated rings. The van der Waals surface area contributed by atoms with Crippen molar-refractivity contribution in [3.05, 3.63) is 34.9 Å². The predicted octanol–water partition coefficient (Wildman–Crippen LogP) is 2.76. The summed E-state index contributed by atoms with van der Waals surface area (Å²) in [4.78, 5) is 0. The Morgan fingerprint density at radius 3 is 2.58 bits per heavy atom. The molecule has 1 saturated heterocycles. The monoisotopic (exact) mass is 181 g/mol. The molecule has 64 valence electrons. The minimum Gasteiger partial charge on any atom is -0.310 e. The van der Waals surface area contributed by atoms with Gasteiger partial charge in [-0.3, -0.25) is 0 Å². The lowest BCUT2D eigenvalue weighted by atomic mass is 10.1. The van der Waals surface area contributed by atoms with Gasteiger partial charge in [0.25, 0.3) is 0 Å². The summed E-state index contributed by atoms with van der Waals surface area (Å²) in [7, 11) is 0. The Morgan fingerprint density at radius 1 is 1.25 bits per heavy atom. The molecule has 0 bridgehead atoms. The van der Waals surface area contributed by atoms with E-state index in [0.717, 1.165) is 11.6 Å². The van der Waals surface area contributed by atoms with Gasteiger partial charge in [0.1, 0.15) is 0 Å². The Labute approximate surface area is 77.7 Å². The van der Waals surface area contributed by atoms with Crippen molar-refractivity contribution in [1.29, 1.82) is 0 Å². The largest absolute Gasteiger partial charge is 0.310 e. The van der Waals surface area contributed by atoms with E-state index in [4.69, 9.17) is 11.6 Å². The summed E-state index contributed by atoms with van der Waals surface area (Å²) in [5.41, 5.74) is 1.36. The Bertz CT molecular complexity index is 249. The second kappa shape index (κ2) is 3.46. The predicted molar refractivity (Wildman–Crippen MR) is 51.4 cm³/mol. The smallest absolute Gasteiger partial charge is 0.0406 e. The van der Waals surface area contributed by atoms with Crippen molar-refractivity contribution < 1.29 is 0 Å². The lowest BCUT2D eigenvalue weighted by Crippen LogP contribution is -2.12. The first-order valence-corrected chi connectivity index (χ1v) is 4.73. The standard InChI is InChI=1S/C10H12ClN/c11-9-5-3-8(4-6-9)10-2-1-7-12-10/h3-6,10,12H,1-2,7H2/t10-/m0/s1. The highest BCUT2D eigenvalue weighted by molar-refractivity contribution is 6.30. The van der Waals surface area contributed by atoms with Crippen LogP contribution in [0.2, 0.25) is 5.02 Å². The highest BCUT2D eigenvalue weighted by Crippen LogP contribution is 2.23. The van der Waals surface area contributed by atoms with Gasteiger partial charge in [0.15, 0.2) is 0 Å². The van der Waals surface area contributed by atoms with Gasteiger partial charge in [-0.2, -0.15) is 0 Å². The molecule has 1 aliphatic heterocycles. The van der Waals surface area contributed by atoms with Crippen LogP contribution in [0.1, 0.15) is 24.4 Å². The van der Waals surface area contributed by atoms with Gasteiger partial charge >= 0.3 is 0 Å². The van der Waals surface area contributed by atoms with E-state index in [-0.39, 0.29) is 0 Å². The SMILES string of the molecule is Clc1ccc([C@@H]2CCCN2)cc1. The lowest BCUT2D eigenvalue weighted by Gasteiger charge is -2.09. The first-order chi connectivity index (χ1) is 5.86. The van der Waals surface area contributed by atoms with Gasteiger partial charge in [0.05, 0.1) is 0 Å². The van der Waals surface area contributed by atoms with Crippen LogP contribution >= 0.6 is 11.6 Å². The normalized spacial score (nSPS) is 22.9. The number of hydrogen-bond donors (Lipinski definition) is 1. The van der Waals surface area contributed by atoms with Gasteiger partial charge < -0.3 is 5.32 Å². The maximum absolute atomic E-state index is 5.80. The minimum atomic E-state index is 0.558. The summed E-state index contributed by atoms with van der Waals surface area (Å²) in [6, 6.07) is 8.67. The molecule has 1 heterocycles. The molecule has 12 heavy (non-hydrogen) atoms. The molecule has 1 nitrogen and oxygen atoms in total. The average Bonchev–Trinajstić information content (AvgIpc) is 2.58. The van der Waals surface area contributed by atoms with Crippen molar-refractivity contribution in [1.82, 2.24) is 5.32 Å². The zero-order chi connectivity index (χ0) is 8.39. The highest BCUT2D eigenvalue weighted by atomic mass is 35.5. The van der Waals surface area contributed by atoms with E-state index < -0.39 is 0 Å². The van der Waals surface area contributed by atoms with E-state index in [0.29, 0.717) is 6.04 Å². The summed E-state index contributed by atoms with van der Waals surface area (Å²) < 4.78 is 0. The third-order valence-corrected chi connectivity index (χ3v) is 2.58. The van der Waals surface area contributed by atoms with Crippen LogP contribution in [0.4, 0.5) is 0 Å². The summed E-state index contributed by atoms with van der Waals surface area (Å²) in [6.45, 7) is 1.15. The van der Waals surface area contributed by atoms with Crippen LogP contribution in [-0.2, 0) is 0 Å². The van der Waals surface area contributed by atoms with E-state index >= 15 is 0 Å². The fourth-order valence-corrected chi connectivity index (χ4v) is 1.79. The Hall–Kier alpha value is -0.530. The topological polar surface area (TPSA) is 12.0 Å². The van der Waals surface area contributed by atoms with Crippen molar-refractivity contribution in [3.63, 3.8) is 0 Å². The van der Waals surface area contributed by atoms with Gasteiger partial charge in [0, 0.05) is 11.1 Å². The number of halogens is 1. The van der Waals surface area contributed by atoms with E-state index in [2.05, 4.69) is 17.4 Å². The zero-order valence-electron chi connectivity index (χ0n) is 6.89. The van der Waals surface area contributed by atoms with E-state index in [1.165, 1.54) is 18.4 Å². The molecular formula is C10H12ClN. The Morgan fingerprint density at radius 2 is 2.00 bits per heavy atom. The Kier molecular flexibility index (Phi) is 2.33. The van der Waals surface area contributed by atoms with Gasteiger partial charge in [-0.15, -0.1) is 0 Å². The minimum absolute atomic E-state index is 0.558. The van der Waals surface area contributed by atoms with Gasteiger partial charge in [-0.25, -0.2) is 0 Å². The number of rotatable bonds is 1. The Balaban J connectivity index is 2.17. The maximum atomic E-state index is 5.80. The molecule has 0 unspecified atom stereocenters. The second-order valence-electron chi connectivity index (χ2n) is 3.20. The van der Waals surface area contributed by atoms with Crippen molar-refractivity contribution >= 4 is 11.6 Å². The number of nitrogens with one attached hydrogen (secondary N) is 1. The first-order valence-electron chi connectivity index (χ1n) is 4.35. The summed E-state index contributed by atoms with van der Waals surface area (Å²) in [5, 5.41) is 4.27. The van der Waals surface area contributed by atoms with Crippen LogP contribution < -0.4 is 5.32 Å². The third kappa shape index (κ3) is 1.62. The molecule has 0 amide bonds. The van der Waals surface area contributed by atoms with Crippen LogP contribution in [0.25, 0.3) is 0 Å². The molecule has 1 aromatic rings. The molecule has 1 N–H and O–H groups in total. The van der Waals surface area contributed by atoms with Crippen LogP contribution in [0.3, 0.4) is 0 Å². The van der Waals surface area contributed by atoms with Gasteiger partial charge in [0.2, 0.25) is 0 Å². The zero-order valence-corrected chi connectivity index (χ0v) is 7.64. The van der Waals surface area contributed by atoms with Crippen molar-refractivity contribution in [2.75, 3.05) is 6.54 Å². The van der Waals surface area contributed by atoms with E-state index in [1.807, 2.05) is 12.1 Å². The molecule has 0 radical (unpaired) electrons. The number of benzene rings is 1. The lowest BCUT2D eigenvalue weighted by molar-refractivity contribution is 0.648. The van der Waals surface area contributed by atoms with E-state index in [9.17, 15) is 0 Å². The maximum Gasteiger partial charge on any atom is 0.0406 e. The summed E-state index contributed by atoms with van der Waals surface area (Å²) in [6.07, 6.45) is 2.54. The average molecular weight is 182 g/mol. The molecule has 1 aromatic carbocycles. The van der Waals surface area contributed by atoms with Gasteiger partial charge in [-0.1, -0.05) is 23.7 Å². The van der Waals surface area contributed by atoms with Crippen LogP contribution in [0.15, 0.2) is 24.3 Å². The van der Waals surface area contributed by atoms with Crippen LogP contribution in [-0.4, -0.2) is 6.54 Å². The van der Waals surface area contributed by atoms with Crippen molar-refractivity contribution in [3.8, 4) is 0 Å². The van der Waals surface area contributed by atoms with Crippen LogP contribution in [0.5, 0.6) is 0 Å².